The summed E-state index contributed by atoms with van der Waals surface area (Å²) < 4.78 is 5.60. The Hall–Kier alpha value is -1.38. The Labute approximate surface area is 111 Å². The molecule has 6 nitrogen and oxygen atoms in total. The van der Waals surface area contributed by atoms with Crippen molar-refractivity contribution in [3.63, 3.8) is 0 Å². The van der Waals surface area contributed by atoms with Gasteiger partial charge in [0, 0.05) is 10.9 Å². The second-order valence-corrected chi connectivity index (χ2v) is 5.92. The van der Waals surface area contributed by atoms with Gasteiger partial charge >= 0.3 is 0 Å². The summed E-state index contributed by atoms with van der Waals surface area (Å²) in [6.07, 6.45) is 0.756. The van der Waals surface area contributed by atoms with Crippen molar-refractivity contribution in [3.8, 4) is 0 Å². The van der Waals surface area contributed by atoms with Gasteiger partial charge < -0.3 is 9.52 Å². The molecule has 1 N–H and O–H groups in total. The summed E-state index contributed by atoms with van der Waals surface area (Å²) in [4.78, 5) is 15.1. The maximum atomic E-state index is 10.9. The highest BCUT2D eigenvalue weighted by atomic mass is 32.2. The first kappa shape index (κ1) is 13.1. The van der Waals surface area contributed by atoms with Crippen LogP contribution in [0.2, 0.25) is 0 Å². The van der Waals surface area contributed by atoms with Crippen molar-refractivity contribution in [3.05, 3.63) is 33.0 Å². The number of hydrogen-bond acceptors (Lipinski definition) is 7. The van der Waals surface area contributed by atoms with Gasteiger partial charge in [-0.1, -0.05) is 0 Å². The van der Waals surface area contributed by atoms with E-state index in [0.717, 1.165) is 11.8 Å². The van der Waals surface area contributed by atoms with Crippen LogP contribution < -0.4 is 0 Å². The zero-order valence-corrected chi connectivity index (χ0v) is 11.2. The van der Waals surface area contributed by atoms with E-state index in [9.17, 15) is 15.2 Å². The molecule has 1 atom stereocenters. The predicted octanol–water partition coefficient (Wildman–Crippen LogP) is 3.16. The van der Waals surface area contributed by atoms with Crippen LogP contribution in [0.1, 0.15) is 23.6 Å². The van der Waals surface area contributed by atoms with E-state index in [2.05, 4.69) is 4.98 Å². The number of rotatable bonds is 4. The maximum Gasteiger partial charge on any atom is 0.294 e. The van der Waals surface area contributed by atoms with Crippen LogP contribution in [0.3, 0.4) is 0 Å². The molecule has 2 aromatic rings. The molecule has 0 bridgehead atoms. The molecular weight excluding hydrogens is 276 g/mol. The molecule has 0 aliphatic heterocycles. The van der Waals surface area contributed by atoms with Crippen molar-refractivity contribution in [1.82, 2.24) is 4.98 Å². The van der Waals surface area contributed by atoms with Crippen molar-refractivity contribution < 1.29 is 14.4 Å². The number of nitro groups is 1. The van der Waals surface area contributed by atoms with Crippen LogP contribution in [-0.2, 0) is 0 Å². The molecule has 0 spiro atoms. The third-order valence-corrected chi connectivity index (χ3v) is 4.43. The minimum absolute atomic E-state index is 0.0308. The molecule has 0 saturated carbocycles. The maximum absolute atomic E-state index is 10.9. The second-order valence-electron chi connectivity index (χ2n) is 3.61. The summed E-state index contributed by atoms with van der Waals surface area (Å²) in [5.74, 6) is 0. The smallest absolute Gasteiger partial charge is 0.294 e. The second kappa shape index (κ2) is 5.09. The van der Waals surface area contributed by atoms with Crippen LogP contribution >= 0.6 is 23.1 Å². The summed E-state index contributed by atoms with van der Waals surface area (Å²) >= 11 is 2.26. The van der Waals surface area contributed by atoms with Gasteiger partial charge in [-0.2, -0.15) is 0 Å². The molecule has 0 aliphatic rings. The van der Waals surface area contributed by atoms with Crippen LogP contribution in [0.4, 0.5) is 5.69 Å². The highest BCUT2D eigenvalue weighted by molar-refractivity contribution is 8.01. The number of aromatic nitrogens is 1. The van der Waals surface area contributed by atoms with Crippen molar-refractivity contribution >= 4 is 28.8 Å². The molecule has 0 aromatic carbocycles. The monoisotopic (exact) mass is 286 g/mol. The quantitative estimate of drug-likeness (QED) is 0.686. The average Bonchev–Trinajstić information content (AvgIpc) is 2.85. The summed E-state index contributed by atoms with van der Waals surface area (Å²) in [6, 6.07) is 1.38. The molecule has 0 saturated heterocycles. The van der Waals surface area contributed by atoms with E-state index < -0.39 is 11.0 Å². The number of aliphatic hydroxyl groups is 1. The van der Waals surface area contributed by atoms with Gasteiger partial charge in [0.1, 0.15) is 10.5 Å². The van der Waals surface area contributed by atoms with E-state index >= 15 is 0 Å². The molecule has 0 unspecified atom stereocenters. The predicted molar refractivity (Wildman–Crippen MR) is 67.0 cm³/mol. The van der Waals surface area contributed by atoms with Crippen molar-refractivity contribution in [2.24, 2.45) is 0 Å². The van der Waals surface area contributed by atoms with Gasteiger partial charge in [-0.15, -0.1) is 11.3 Å². The van der Waals surface area contributed by atoms with Gasteiger partial charge in [0.15, 0.2) is 0 Å². The van der Waals surface area contributed by atoms with E-state index in [0.29, 0.717) is 20.0 Å². The molecular formula is C10H10N2O4S2. The average molecular weight is 286 g/mol. The number of thiophene rings is 1. The highest BCUT2D eigenvalue weighted by Gasteiger charge is 2.23. The number of nitrogens with zero attached hydrogens (tertiary/aromatic N) is 2. The Kier molecular flexibility index (Phi) is 3.69. The van der Waals surface area contributed by atoms with Gasteiger partial charge in [-0.25, -0.2) is 4.98 Å². The molecule has 0 fully saturated rings. The van der Waals surface area contributed by atoms with Crippen molar-refractivity contribution in [2.75, 3.05) is 0 Å². The molecule has 2 aromatic heterocycles. The number of oxazole rings is 1. The molecule has 0 amide bonds. The topological polar surface area (TPSA) is 89.4 Å². The van der Waals surface area contributed by atoms with E-state index in [-0.39, 0.29) is 5.69 Å². The van der Waals surface area contributed by atoms with Gasteiger partial charge in [-0.3, -0.25) is 10.1 Å². The van der Waals surface area contributed by atoms with Crippen molar-refractivity contribution in [1.29, 1.82) is 0 Å². The summed E-state index contributed by atoms with van der Waals surface area (Å²) in [5, 5.41) is 20.7. The van der Waals surface area contributed by atoms with Crippen LogP contribution in [0, 0.1) is 17.0 Å². The Morgan fingerprint density at radius 2 is 2.39 bits per heavy atom. The normalized spacial score (nSPS) is 12.6. The fourth-order valence-corrected chi connectivity index (χ4v) is 3.39. The summed E-state index contributed by atoms with van der Waals surface area (Å²) in [7, 11) is 0. The van der Waals surface area contributed by atoms with Crippen LogP contribution in [-0.4, -0.2) is 15.0 Å². The number of aliphatic hydroxyl groups excluding tert-OH is 1. The molecule has 2 rings (SSSR count). The lowest BCUT2D eigenvalue weighted by molar-refractivity contribution is -0.387. The fraction of sp³-hybridized carbons (Fsp3) is 0.300. The molecule has 0 aliphatic carbocycles. The Balaban J connectivity index is 2.33. The lowest BCUT2D eigenvalue weighted by Gasteiger charge is -1.95. The van der Waals surface area contributed by atoms with E-state index in [1.807, 2.05) is 0 Å². The van der Waals surface area contributed by atoms with E-state index in [1.54, 1.807) is 13.8 Å². The third kappa shape index (κ3) is 2.71. The molecule has 2 heterocycles. The number of hydrogen-bond donors (Lipinski definition) is 1. The first-order chi connectivity index (χ1) is 8.47. The zero-order valence-electron chi connectivity index (χ0n) is 9.61. The number of aryl methyl sites for hydroxylation is 1. The lowest BCUT2D eigenvalue weighted by atomic mass is 10.3. The van der Waals surface area contributed by atoms with Gasteiger partial charge in [0.2, 0.25) is 0 Å². The van der Waals surface area contributed by atoms with Gasteiger partial charge in [0.25, 0.3) is 10.9 Å². The van der Waals surface area contributed by atoms with E-state index in [1.165, 1.54) is 23.7 Å². The largest absolute Gasteiger partial charge is 0.439 e. The minimum atomic E-state index is -0.727. The van der Waals surface area contributed by atoms with E-state index in [4.69, 9.17) is 4.42 Å². The van der Waals surface area contributed by atoms with Gasteiger partial charge in [0.05, 0.1) is 16.7 Å². The Morgan fingerprint density at radius 3 is 2.89 bits per heavy atom. The molecule has 18 heavy (non-hydrogen) atoms. The minimum Gasteiger partial charge on any atom is -0.439 e. The van der Waals surface area contributed by atoms with Crippen LogP contribution in [0.15, 0.2) is 26.2 Å². The van der Waals surface area contributed by atoms with Gasteiger partial charge in [-0.05, 0) is 25.6 Å². The standard InChI is InChI=1S/C10H10N2O4S2/c1-5-4-16-10(11-5)18-9-7(12(14)15)3-8(17-9)6(2)13/h3-4,6,13H,1-2H3/t6-/m0/s1. The van der Waals surface area contributed by atoms with Crippen LogP contribution in [0.5, 0.6) is 0 Å². The first-order valence-electron chi connectivity index (χ1n) is 5.03. The Morgan fingerprint density at radius 1 is 1.67 bits per heavy atom. The molecule has 96 valence electrons. The molecule has 0 radical (unpaired) electrons. The lowest BCUT2D eigenvalue weighted by Crippen LogP contribution is -1.87. The zero-order chi connectivity index (χ0) is 13.3. The third-order valence-electron chi connectivity index (χ3n) is 2.09. The summed E-state index contributed by atoms with van der Waals surface area (Å²) in [6.45, 7) is 3.34. The fourth-order valence-electron chi connectivity index (χ4n) is 1.25. The highest BCUT2D eigenvalue weighted by Crippen LogP contribution is 2.42. The molecule has 8 heteroatoms. The summed E-state index contributed by atoms with van der Waals surface area (Å²) in [5.41, 5.74) is 0.684. The first-order valence-corrected chi connectivity index (χ1v) is 6.67. The van der Waals surface area contributed by atoms with Crippen molar-refractivity contribution in [2.45, 2.75) is 29.4 Å². The Bertz CT molecular complexity index is 576. The van der Waals surface area contributed by atoms with Crippen LogP contribution in [0.25, 0.3) is 0 Å². The SMILES string of the molecule is Cc1coc(Sc2sc([C@H](C)O)cc2[N+](=O)[O-])n1.